The molecule has 4 nitrogen and oxygen atoms in total. The molecule has 1 aromatic carbocycles. The maximum absolute atomic E-state index is 11.9. The molecule has 0 saturated heterocycles. The molecule has 4 heteroatoms. The number of aliphatic hydroxyl groups is 1. The third kappa shape index (κ3) is 4.46. The first kappa shape index (κ1) is 15.8. The van der Waals surface area contributed by atoms with Crippen molar-refractivity contribution < 1.29 is 14.6 Å². The number of amides is 1. The van der Waals surface area contributed by atoms with E-state index in [1.807, 2.05) is 32.0 Å². The van der Waals surface area contributed by atoms with Gasteiger partial charge in [-0.1, -0.05) is 18.6 Å². The number of rotatable bonds is 6. The Hall–Kier alpha value is -1.55. The van der Waals surface area contributed by atoms with Crippen molar-refractivity contribution in [2.45, 2.75) is 33.1 Å². The Bertz CT molecular complexity index is 487. The Balaban J connectivity index is 1.76. The topological polar surface area (TPSA) is 58.6 Å². The normalized spacial score (nSPS) is 21.3. The van der Waals surface area contributed by atoms with Gasteiger partial charge in [-0.2, -0.15) is 0 Å². The summed E-state index contributed by atoms with van der Waals surface area (Å²) >= 11 is 0. The Morgan fingerprint density at radius 3 is 2.86 bits per heavy atom. The van der Waals surface area contributed by atoms with Gasteiger partial charge in [-0.3, -0.25) is 4.79 Å². The zero-order chi connectivity index (χ0) is 15.2. The summed E-state index contributed by atoms with van der Waals surface area (Å²) in [5, 5.41) is 12.2. The van der Waals surface area contributed by atoms with E-state index in [0.29, 0.717) is 18.4 Å². The zero-order valence-electron chi connectivity index (χ0n) is 12.9. The standard InChI is InChI=1S/C17H25NO3/c1-12-6-7-13(2)16(8-12)21-11-17(20)18-9-14-4-3-5-15(14)10-19/h6-8,14-15,19H,3-5,9-11H2,1-2H3,(H,18,20). The van der Waals surface area contributed by atoms with Crippen LogP contribution < -0.4 is 10.1 Å². The van der Waals surface area contributed by atoms with Crippen LogP contribution in [0.1, 0.15) is 30.4 Å². The van der Waals surface area contributed by atoms with E-state index in [-0.39, 0.29) is 19.1 Å². The van der Waals surface area contributed by atoms with Crippen molar-refractivity contribution in [3.63, 3.8) is 0 Å². The summed E-state index contributed by atoms with van der Waals surface area (Å²) in [7, 11) is 0. The molecule has 2 rings (SSSR count). The number of carbonyl (C=O) groups excluding carboxylic acids is 1. The monoisotopic (exact) mass is 291 g/mol. The highest BCUT2D eigenvalue weighted by atomic mass is 16.5. The molecule has 1 aromatic rings. The second-order valence-electron chi connectivity index (χ2n) is 6.00. The van der Waals surface area contributed by atoms with Crippen molar-refractivity contribution in [2.75, 3.05) is 19.8 Å². The molecule has 1 aliphatic rings. The van der Waals surface area contributed by atoms with E-state index in [1.54, 1.807) is 0 Å². The highest BCUT2D eigenvalue weighted by Gasteiger charge is 2.26. The second-order valence-corrected chi connectivity index (χ2v) is 6.00. The van der Waals surface area contributed by atoms with Crippen LogP contribution in [0.15, 0.2) is 18.2 Å². The summed E-state index contributed by atoms with van der Waals surface area (Å²) in [5.74, 6) is 1.41. The number of carbonyl (C=O) groups is 1. The molecular formula is C17H25NO3. The molecule has 1 saturated carbocycles. The number of ether oxygens (including phenoxy) is 1. The lowest BCUT2D eigenvalue weighted by molar-refractivity contribution is -0.123. The largest absolute Gasteiger partial charge is 0.483 e. The van der Waals surface area contributed by atoms with E-state index >= 15 is 0 Å². The fourth-order valence-electron chi connectivity index (χ4n) is 2.92. The van der Waals surface area contributed by atoms with Gasteiger partial charge in [0.2, 0.25) is 0 Å². The number of nitrogens with one attached hydrogen (secondary N) is 1. The van der Waals surface area contributed by atoms with Gasteiger partial charge in [0.15, 0.2) is 6.61 Å². The number of benzene rings is 1. The minimum Gasteiger partial charge on any atom is -0.483 e. The van der Waals surface area contributed by atoms with Crippen LogP contribution in [0, 0.1) is 25.7 Å². The van der Waals surface area contributed by atoms with E-state index in [4.69, 9.17) is 4.74 Å². The minimum absolute atomic E-state index is 0.0425. The molecule has 1 fully saturated rings. The van der Waals surface area contributed by atoms with Crippen LogP contribution in [-0.2, 0) is 4.79 Å². The van der Waals surface area contributed by atoms with Crippen molar-refractivity contribution in [1.29, 1.82) is 0 Å². The molecule has 21 heavy (non-hydrogen) atoms. The Morgan fingerprint density at radius 1 is 1.33 bits per heavy atom. The molecular weight excluding hydrogens is 266 g/mol. The average molecular weight is 291 g/mol. The van der Waals surface area contributed by atoms with E-state index in [2.05, 4.69) is 5.32 Å². The highest BCUT2D eigenvalue weighted by Crippen LogP contribution is 2.30. The van der Waals surface area contributed by atoms with Crippen molar-refractivity contribution in [1.82, 2.24) is 5.32 Å². The van der Waals surface area contributed by atoms with Gasteiger partial charge in [0.05, 0.1) is 0 Å². The summed E-state index contributed by atoms with van der Waals surface area (Å²) in [6.45, 7) is 4.87. The van der Waals surface area contributed by atoms with Gasteiger partial charge in [0, 0.05) is 13.2 Å². The maximum atomic E-state index is 11.9. The van der Waals surface area contributed by atoms with Gasteiger partial charge in [-0.15, -0.1) is 0 Å². The third-order valence-corrected chi connectivity index (χ3v) is 4.31. The molecule has 0 bridgehead atoms. The molecule has 0 aliphatic heterocycles. The second kappa shape index (κ2) is 7.46. The molecule has 0 radical (unpaired) electrons. The van der Waals surface area contributed by atoms with Crippen LogP contribution in [0.3, 0.4) is 0 Å². The fourth-order valence-corrected chi connectivity index (χ4v) is 2.92. The number of aliphatic hydroxyl groups excluding tert-OH is 1. The fraction of sp³-hybridized carbons (Fsp3) is 0.588. The van der Waals surface area contributed by atoms with Gasteiger partial charge in [-0.25, -0.2) is 0 Å². The van der Waals surface area contributed by atoms with Gasteiger partial charge in [-0.05, 0) is 55.7 Å². The van der Waals surface area contributed by atoms with Gasteiger partial charge in [0.1, 0.15) is 5.75 Å². The van der Waals surface area contributed by atoms with Gasteiger partial charge in [0.25, 0.3) is 5.91 Å². The Labute approximate surface area is 126 Å². The Morgan fingerprint density at radius 2 is 2.10 bits per heavy atom. The molecule has 2 atom stereocenters. The Kier molecular flexibility index (Phi) is 5.62. The maximum Gasteiger partial charge on any atom is 0.257 e. The van der Waals surface area contributed by atoms with Crippen LogP contribution in [0.2, 0.25) is 0 Å². The zero-order valence-corrected chi connectivity index (χ0v) is 12.9. The van der Waals surface area contributed by atoms with E-state index < -0.39 is 0 Å². The smallest absolute Gasteiger partial charge is 0.257 e. The number of hydrogen-bond acceptors (Lipinski definition) is 3. The molecule has 0 spiro atoms. The summed E-state index contributed by atoms with van der Waals surface area (Å²) in [4.78, 5) is 11.9. The first-order chi connectivity index (χ1) is 10.1. The third-order valence-electron chi connectivity index (χ3n) is 4.31. The highest BCUT2D eigenvalue weighted by molar-refractivity contribution is 5.77. The predicted molar refractivity (Wildman–Crippen MR) is 82.3 cm³/mol. The van der Waals surface area contributed by atoms with Gasteiger partial charge >= 0.3 is 0 Å². The van der Waals surface area contributed by atoms with Crippen LogP contribution in [0.25, 0.3) is 0 Å². The number of aryl methyl sites for hydroxylation is 2. The molecule has 2 N–H and O–H groups in total. The van der Waals surface area contributed by atoms with Crippen molar-refractivity contribution in [2.24, 2.45) is 11.8 Å². The van der Waals surface area contributed by atoms with Crippen LogP contribution in [-0.4, -0.2) is 30.8 Å². The summed E-state index contributed by atoms with van der Waals surface area (Å²) in [6.07, 6.45) is 3.30. The van der Waals surface area contributed by atoms with Crippen LogP contribution >= 0.6 is 0 Å². The summed E-state index contributed by atoms with van der Waals surface area (Å²) in [5.41, 5.74) is 2.15. The SMILES string of the molecule is Cc1ccc(C)c(OCC(=O)NCC2CCCC2CO)c1. The lowest BCUT2D eigenvalue weighted by atomic mass is 9.97. The average Bonchev–Trinajstić information content (AvgIpc) is 2.93. The first-order valence-corrected chi connectivity index (χ1v) is 7.67. The molecule has 116 valence electrons. The van der Waals surface area contributed by atoms with E-state index in [0.717, 1.165) is 36.1 Å². The van der Waals surface area contributed by atoms with E-state index in [9.17, 15) is 9.90 Å². The molecule has 0 aromatic heterocycles. The van der Waals surface area contributed by atoms with Gasteiger partial charge < -0.3 is 15.2 Å². The molecule has 1 aliphatic carbocycles. The molecule has 0 heterocycles. The predicted octanol–water partition coefficient (Wildman–Crippen LogP) is 2.21. The molecule has 1 amide bonds. The molecule has 2 unspecified atom stereocenters. The quantitative estimate of drug-likeness (QED) is 0.845. The lowest BCUT2D eigenvalue weighted by Crippen LogP contribution is -2.34. The number of hydrogen-bond donors (Lipinski definition) is 2. The lowest BCUT2D eigenvalue weighted by Gasteiger charge is -2.18. The minimum atomic E-state index is -0.0977. The van der Waals surface area contributed by atoms with Crippen molar-refractivity contribution in [3.8, 4) is 5.75 Å². The first-order valence-electron chi connectivity index (χ1n) is 7.67. The summed E-state index contributed by atoms with van der Waals surface area (Å²) in [6, 6.07) is 5.96. The summed E-state index contributed by atoms with van der Waals surface area (Å²) < 4.78 is 5.59. The van der Waals surface area contributed by atoms with E-state index in [1.165, 1.54) is 0 Å². The van der Waals surface area contributed by atoms with Crippen LogP contribution in [0.4, 0.5) is 0 Å². The van der Waals surface area contributed by atoms with Crippen LogP contribution in [0.5, 0.6) is 5.75 Å². The van der Waals surface area contributed by atoms with Crippen molar-refractivity contribution in [3.05, 3.63) is 29.3 Å². The van der Waals surface area contributed by atoms with Crippen molar-refractivity contribution >= 4 is 5.91 Å².